The Morgan fingerprint density at radius 2 is 1.83 bits per heavy atom. The first kappa shape index (κ1) is 12.9. The van der Waals surface area contributed by atoms with Crippen LogP contribution >= 0.6 is 15.9 Å². The summed E-state index contributed by atoms with van der Waals surface area (Å²) < 4.78 is 20.0. The average molecular weight is 310 g/mol. The third-order valence-electron chi connectivity index (χ3n) is 2.65. The van der Waals surface area contributed by atoms with Gasteiger partial charge in [-0.05, 0) is 49.2 Å². The second kappa shape index (κ2) is 4.98. The fourth-order valence-corrected chi connectivity index (χ4v) is 1.81. The van der Waals surface area contributed by atoms with Gasteiger partial charge in [-0.1, -0.05) is 15.9 Å². The van der Waals surface area contributed by atoms with Crippen LogP contribution in [0, 0.1) is 19.7 Å². The van der Waals surface area contributed by atoms with E-state index in [1.165, 1.54) is 6.07 Å². The van der Waals surface area contributed by atoms with Crippen molar-refractivity contribution < 1.29 is 9.13 Å². The van der Waals surface area contributed by atoms with Crippen LogP contribution in [0.4, 0.5) is 10.1 Å². The number of hydrogen-bond donors (Lipinski definition) is 1. The van der Waals surface area contributed by atoms with E-state index >= 15 is 0 Å². The lowest BCUT2D eigenvalue weighted by molar-refractivity contribution is 0.482. The zero-order valence-corrected chi connectivity index (χ0v) is 11.7. The van der Waals surface area contributed by atoms with Gasteiger partial charge in [0.15, 0.2) is 5.75 Å². The number of nitrogen functional groups attached to an aromatic ring is 1. The largest absolute Gasteiger partial charge is 0.455 e. The van der Waals surface area contributed by atoms with Gasteiger partial charge in [-0.15, -0.1) is 0 Å². The molecule has 0 aliphatic rings. The van der Waals surface area contributed by atoms with Gasteiger partial charge < -0.3 is 10.5 Å². The van der Waals surface area contributed by atoms with Gasteiger partial charge in [0.2, 0.25) is 0 Å². The van der Waals surface area contributed by atoms with Gasteiger partial charge in [0, 0.05) is 10.5 Å². The maximum absolute atomic E-state index is 13.3. The van der Waals surface area contributed by atoms with Crippen molar-refractivity contribution in [2.45, 2.75) is 13.8 Å². The maximum Gasteiger partial charge on any atom is 0.150 e. The summed E-state index contributed by atoms with van der Waals surface area (Å²) in [7, 11) is 0. The van der Waals surface area contributed by atoms with Gasteiger partial charge >= 0.3 is 0 Å². The van der Waals surface area contributed by atoms with Crippen molar-refractivity contribution in [1.29, 1.82) is 0 Å². The van der Waals surface area contributed by atoms with Crippen LogP contribution < -0.4 is 10.5 Å². The molecular weight excluding hydrogens is 297 g/mol. The summed E-state index contributed by atoms with van der Waals surface area (Å²) in [5, 5.41) is 0. The number of aryl methyl sites for hydroxylation is 2. The van der Waals surface area contributed by atoms with Crippen LogP contribution in [0.25, 0.3) is 0 Å². The molecule has 0 aliphatic heterocycles. The Kier molecular flexibility index (Phi) is 3.57. The fourth-order valence-electron chi connectivity index (χ4n) is 1.57. The molecule has 2 rings (SSSR count). The lowest BCUT2D eigenvalue weighted by Crippen LogP contribution is -1.95. The first-order valence-electron chi connectivity index (χ1n) is 5.47. The smallest absolute Gasteiger partial charge is 0.150 e. The highest BCUT2D eigenvalue weighted by Gasteiger charge is 2.07. The summed E-state index contributed by atoms with van der Waals surface area (Å²) in [6.45, 7) is 3.64. The molecule has 0 unspecified atom stereocenters. The highest BCUT2D eigenvalue weighted by Crippen LogP contribution is 2.31. The van der Waals surface area contributed by atoms with Crippen molar-refractivity contribution in [2.75, 3.05) is 5.73 Å². The molecule has 4 heteroatoms. The van der Waals surface area contributed by atoms with E-state index in [4.69, 9.17) is 10.5 Å². The van der Waals surface area contributed by atoms with Crippen LogP contribution in [-0.2, 0) is 0 Å². The van der Waals surface area contributed by atoms with Crippen LogP contribution in [0.3, 0.4) is 0 Å². The summed E-state index contributed by atoms with van der Waals surface area (Å²) in [5.41, 5.74) is 7.59. The van der Waals surface area contributed by atoms with E-state index in [0.29, 0.717) is 22.7 Å². The zero-order valence-electron chi connectivity index (χ0n) is 10.1. The molecule has 0 bridgehead atoms. The minimum Gasteiger partial charge on any atom is -0.455 e. The molecule has 0 atom stereocenters. The summed E-state index contributed by atoms with van der Waals surface area (Å²) in [6.07, 6.45) is 0. The normalized spacial score (nSPS) is 10.4. The Labute approximate surface area is 114 Å². The van der Waals surface area contributed by atoms with Gasteiger partial charge in [-0.25, -0.2) is 4.39 Å². The number of anilines is 1. The van der Waals surface area contributed by atoms with Gasteiger partial charge in [-0.3, -0.25) is 0 Å². The quantitative estimate of drug-likeness (QED) is 0.824. The molecular formula is C14H13BrFNO. The van der Waals surface area contributed by atoms with Crippen LogP contribution in [0.1, 0.15) is 11.1 Å². The number of ether oxygens (including phenoxy) is 1. The fraction of sp³-hybridized carbons (Fsp3) is 0.143. The van der Waals surface area contributed by atoms with Crippen molar-refractivity contribution in [3.8, 4) is 11.5 Å². The van der Waals surface area contributed by atoms with E-state index in [9.17, 15) is 4.39 Å². The highest BCUT2D eigenvalue weighted by molar-refractivity contribution is 9.10. The van der Waals surface area contributed by atoms with Crippen molar-refractivity contribution in [1.82, 2.24) is 0 Å². The Hall–Kier alpha value is -1.55. The van der Waals surface area contributed by atoms with Gasteiger partial charge in [0.05, 0.1) is 5.69 Å². The molecule has 2 nitrogen and oxygen atoms in total. The Morgan fingerprint density at radius 3 is 2.50 bits per heavy atom. The number of benzene rings is 2. The number of hydrogen-bond acceptors (Lipinski definition) is 2. The second-order valence-corrected chi connectivity index (χ2v) is 5.01. The number of rotatable bonds is 2. The lowest BCUT2D eigenvalue weighted by Gasteiger charge is -2.11. The lowest BCUT2D eigenvalue weighted by atomic mass is 10.2. The molecule has 0 saturated heterocycles. The Morgan fingerprint density at radius 1 is 1.11 bits per heavy atom. The summed E-state index contributed by atoms with van der Waals surface area (Å²) in [5.74, 6) is 0.816. The first-order chi connectivity index (χ1) is 8.47. The average Bonchev–Trinajstić information content (AvgIpc) is 2.31. The third-order valence-corrected chi connectivity index (χ3v) is 3.54. The summed E-state index contributed by atoms with van der Waals surface area (Å²) >= 11 is 3.42. The number of nitrogens with two attached hydrogens (primary N) is 1. The van der Waals surface area contributed by atoms with Crippen molar-refractivity contribution >= 4 is 21.6 Å². The minimum absolute atomic E-state index is 0.290. The molecule has 0 heterocycles. The molecule has 18 heavy (non-hydrogen) atoms. The third kappa shape index (κ3) is 2.64. The predicted molar refractivity (Wildman–Crippen MR) is 74.5 cm³/mol. The van der Waals surface area contributed by atoms with Crippen LogP contribution in [0.5, 0.6) is 11.5 Å². The molecule has 0 saturated carbocycles. The topological polar surface area (TPSA) is 35.2 Å². The first-order valence-corrected chi connectivity index (χ1v) is 6.26. The van der Waals surface area contributed by atoms with E-state index in [2.05, 4.69) is 15.9 Å². The summed E-state index contributed by atoms with van der Waals surface area (Å²) in [6, 6.07) is 8.49. The molecule has 2 N–H and O–H groups in total. The van der Waals surface area contributed by atoms with Gasteiger partial charge in [0.1, 0.15) is 11.6 Å². The standard InChI is InChI=1S/C14H13BrFNO/c1-8-5-10(3-4-11(8)15)18-14-6-9(2)12(16)7-13(14)17/h3-7H,17H2,1-2H3. The van der Waals surface area contributed by atoms with E-state index < -0.39 is 0 Å². The van der Waals surface area contributed by atoms with Crippen LogP contribution in [0.2, 0.25) is 0 Å². The summed E-state index contributed by atoms with van der Waals surface area (Å²) in [4.78, 5) is 0. The van der Waals surface area contributed by atoms with Crippen molar-refractivity contribution in [3.05, 3.63) is 51.7 Å². The molecule has 94 valence electrons. The Bertz CT molecular complexity index is 599. The molecule has 0 aliphatic carbocycles. The number of halogens is 2. The van der Waals surface area contributed by atoms with Crippen molar-refractivity contribution in [2.24, 2.45) is 0 Å². The van der Waals surface area contributed by atoms with Crippen LogP contribution in [0.15, 0.2) is 34.8 Å². The van der Waals surface area contributed by atoms with Gasteiger partial charge in [0.25, 0.3) is 0 Å². The molecule has 2 aromatic carbocycles. The SMILES string of the molecule is Cc1cc(Oc2ccc(Br)c(C)c2)c(N)cc1F. The van der Waals surface area contributed by atoms with E-state index in [1.807, 2.05) is 25.1 Å². The Balaban J connectivity index is 2.34. The van der Waals surface area contributed by atoms with Crippen LogP contribution in [-0.4, -0.2) is 0 Å². The molecule has 0 fully saturated rings. The van der Waals surface area contributed by atoms with E-state index in [0.717, 1.165) is 10.0 Å². The molecule has 0 spiro atoms. The zero-order chi connectivity index (χ0) is 13.3. The predicted octanol–water partition coefficient (Wildman–Crippen LogP) is 4.58. The second-order valence-electron chi connectivity index (χ2n) is 4.15. The van der Waals surface area contributed by atoms with E-state index in [-0.39, 0.29) is 5.82 Å². The molecule has 0 amide bonds. The van der Waals surface area contributed by atoms with Crippen molar-refractivity contribution in [3.63, 3.8) is 0 Å². The molecule has 2 aromatic rings. The molecule has 0 radical (unpaired) electrons. The highest BCUT2D eigenvalue weighted by atomic mass is 79.9. The van der Waals surface area contributed by atoms with Gasteiger partial charge in [-0.2, -0.15) is 0 Å². The monoisotopic (exact) mass is 309 g/mol. The van der Waals surface area contributed by atoms with E-state index in [1.54, 1.807) is 13.0 Å². The minimum atomic E-state index is -0.327. The maximum atomic E-state index is 13.3. The molecule has 0 aromatic heterocycles.